The van der Waals surface area contributed by atoms with E-state index in [2.05, 4.69) is 15.6 Å². The fraction of sp³-hybridized carbons (Fsp3) is 0.250. The van der Waals surface area contributed by atoms with Crippen LogP contribution in [0.25, 0.3) is 0 Å². The zero-order valence-corrected chi connectivity index (χ0v) is 12.6. The number of hydrogen-bond donors (Lipinski definition) is 2. The Morgan fingerprint density at radius 3 is 2.86 bits per heavy atom. The number of benzene rings is 1. The van der Waals surface area contributed by atoms with Gasteiger partial charge in [0.15, 0.2) is 0 Å². The number of anilines is 2. The van der Waals surface area contributed by atoms with E-state index in [-0.39, 0.29) is 5.91 Å². The molecule has 1 aromatic heterocycles. The summed E-state index contributed by atoms with van der Waals surface area (Å²) in [7, 11) is 3.21. The molecule has 0 radical (unpaired) electrons. The van der Waals surface area contributed by atoms with Crippen molar-refractivity contribution in [3.05, 3.63) is 48.2 Å². The summed E-state index contributed by atoms with van der Waals surface area (Å²) in [6.45, 7) is 0.946. The monoisotopic (exact) mass is 301 g/mol. The number of nitrogens with zero attached hydrogens (tertiary/aromatic N) is 1. The number of pyridine rings is 1. The number of rotatable bonds is 7. The number of methoxy groups -OCH3 is 2. The van der Waals surface area contributed by atoms with E-state index >= 15 is 0 Å². The summed E-state index contributed by atoms with van der Waals surface area (Å²) in [5.41, 5.74) is 1.38. The second kappa shape index (κ2) is 7.99. The van der Waals surface area contributed by atoms with E-state index in [4.69, 9.17) is 9.47 Å². The molecule has 1 aromatic carbocycles. The molecule has 0 atom stereocenters. The van der Waals surface area contributed by atoms with Crippen molar-refractivity contribution < 1.29 is 14.3 Å². The van der Waals surface area contributed by atoms with Gasteiger partial charge in [0.2, 0.25) is 0 Å². The van der Waals surface area contributed by atoms with Gasteiger partial charge in [-0.3, -0.25) is 4.79 Å². The van der Waals surface area contributed by atoms with E-state index in [9.17, 15) is 4.79 Å². The topological polar surface area (TPSA) is 72.5 Å². The third-order valence-electron chi connectivity index (χ3n) is 2.96. The highest BCUT2D eigenvalue weighted by molar-refractivity contribution is 5.94. The minimum atomic E-state index is -0.159. The first kappa shape index (κ1) is 15.8. The Morgan fingerprint density at radius 2 is 2.09 bits per heavy atom. The van der Waals surface area contributed by atoms with E-state index in [1.807, 2.05) is 24.3 Å². The molecule has 0 spiro atoms. The lowest BCUT2D eigenvalue weighted by atomic mass is 10.2. The normalized spacial score (nSPS) is 10.1. The molecule has 6 nitrogen and oxygen atoms in total. The molecule has 0 aliphatic rings. The van der Waals surface area contributed by atoms with Crippen LogP contribution in [-0.4, -0.2) is 38.3 Å². The van der Waals surface area contributed by atoms with Crippen LogP contribution in [0.4, 0.5) is 11.5 Å². The Kier molecular flexibility index (Phi) is 5.73. The van der Waals surface area contributed by atoms with Crippen molar-refractivity contribution in [2.45, 2.75) is 0 Å². The molecule has 116 valence electrons. The molecule has 2 rings (SSSR count). The van der Waals surface area contributed by atoms with Crippen LogP contribution < -0.4 is 15.4 Å². The number of ether oxygens (including phenoxy) is 2. The third kappa shape index (κ3) is 4.46. The number of amides is 1. The Labute approximate surface area is 129 Å². The van der Waals surface area contributed by atoms with Gasteiger partial charge in [0.05, 0.1) is 13.7 Å². The Hall–Kier alpha value is -2.60. The molecule has 22 heavy (non-hydrogen) atoms. The van der Waals surface area contributed by atoms with E-state index in [0.717, 1.165) is 11.4 Å². The maximum absolute atomic E-state index is 12.0. The van der Waals surface area contributed by atoms with Crippen LogP contribution in [0.3, 0.4) is 0 Å². The standard InChI is InChI=1S/C16H19N3O3/c1-21-9-8-18-16(20)12-6-7-17-15(10-12)19-13-4-3-5-14(11-13)22-2/h3-7,10-11H,8-9H2,1-2H3,(H,17,19)(H,18,20). The molecule has 1 amide bonds. The van der Waals surface area contributed by atoms with Crippen molar-refractivity contribution in [1.82, 2.24) is 10.3 Å². The first-order valence-corrected chi connectivity index (χ1v) is 6.87. The van der Waals surface area contributed by atoms with E-state index in [1.54, 1.807) is 32.5 Å². The third-order valence-corrected chi connectivity index (χ3v) is 2.96. The van der Waals surface area contributed by atoms with E-state index in [0.29, 0.717) is 24.5 Å². The molecule has 0 aliphatic heterocycles. The second-order valence-electron chi connectivity index (χ2n) is 4.54. The average Bonchev–Trinajstić information content (AvgIpc) is 2.55. The SMILES string of the molecule is COCCNC(=O)c1ccnc(Nc2cccc(OC)c2)c1. The number of hydrogen-bond acceptors (Lipinski definition) is 5. The molecule has 2 aromatic rings. The summed E-state index contributed by atoms with van der Waals surface area (Å²) in [5.74, 6) is 1.18. The highest BCUT2D eigenvalue weighted by Crippen LogP contribution is 2.20. The molecule has 0 aliphatic carbocycles. The lowest BCUT2D eigenvalue weighted by Gasteiger charge is -2.09. The minimum Gasteiger partial charge on any atom is -0.497 e. The predicted molar refractivity (Wildman–Crippen MR) is 84.7 cm³/mol. The van der Waals surface area contributed by atoms with Crippen LogP contribution in [0.15, 0.2) is 42.6 Å². The zero-order chi connectivity index (χ0) is 15.8. The summed E-state index contributed by atoms with van der Waals surface area (Å²) in [4.78, 5) is 16.2. The molecule has 1 heterocycles. The van der Waals surface area contributed by atoms with Gasteiger partial charge in [-0.25, -0.2) is 4.98 Å². The average molecular weight is 301 g/mol. The number of carbonyl (C=O) groups excluding carboxylic acids is 1. The number of carbonyl (C=O) groups is 1. The largest absolute Gasteiger partial charge is 0.497 e. The molecule has 2 N–H and O–H groups in total. The first-order chi connectivity index (χ1) is 10.7. The van der Waals surface area contributed by atoms with Gasteiger partial charge >= 0.3 is 0 Å². The van der Waals surface area contributed by atoms with E-state index in [1.165, 1.54) is 0 Å². The molecule has 6 heteroatoms. The molecule has 0 unspecified atom stereocenters. The zero-order valence-electron chi connectivity index (χ0n) is 12.6. The maximum atomic E-state index is 12.0. The minimum absolute atomic E-state index is 0.159. The number of nitrogens with one attached hydrogen (secondary N) is 2. The summed E-state index contributed by atoms with van der Waals surface area (Å²) < 4.78 is 10.1. The number of aromatic nitrogens is 1. The predicted octanol–water partition coefficient (Wildman–Crippen LogP) is 2.21. The Bertz CT molecular complexity index is 632. The van der Waals surface area contributed by atoms with Gasteiger partial charge in [0, 0.05) is 37.2 Å². The van der Waals surface area contributed by atoms with Gasteiger partial charge in [-0.1, -0.05) is 6.07 Å². The second-order valence-corrected chi connectivity index (χ2v) is 4.54. The lowest BCUT2D eigenvalue weighted by Crippen LogP contribution is -2.26. The summed E-state index contributed by atoms with van der Waals surface area (Å²) >= 11 is 0. The van der Waals surface area contributed by atoms with Crippen molar-refractivity contribution in [2.24, 2.45) is 0 Å². The van der Waals surface area contributed by atoms with Crippen LogP contribution in [0.5, 0.6) is 5.75 Å². The van der Waals surface area contributed by atoms with Crippen LogP contribution in [-0.2, 0) is 4.74 Å². The van der Waals surface area contributed by atoms with Crippen LogP contribution in [0.1, 0.15) is 10.4 Å². The van der Waals surface area contributed by atoms with Crippen molar-refractivity contribution in [2.75, 3.05) is 32.7 Å². The molecular weight excluding hydrogens is 282 g/mol. The van der Waals surface area contributed by atoms with Gasteiger partial charge in [0.25, 0.3) is 5.91 Å². The summed E-state index contributed by atoms with van der Waals surface area (Å²) in [6.07, 6.45) is 1.59. The smallest absolute Gasteiger partial charge is 0.251 e. The fourth-order valence-corrected chi connectivity index (χ4v) is 1.86. The summed E-state index contributed by atoms with van der Waals surface area (Å²) in [5, 5.41) is 5.92. The molecule has 0 fully saturated rings. The van der Waals surface area contributed by atoms with E-state index < -0.39 is 0 Å². The van der Waals surface area contributed by atoms with Crippen molar-refractivity contribution in [3.63, 3.8) is 0 Å². The lowest BCUT2D eigenvalue weighted by molar-refractivity contribution is 0.0937. The fourth-order valence-electron chi connectivity index (χ4n) is 1.86. The van der Waals surface area contributed by atoms with Gasteiger partial charge < -0.3 is 20.1 Å². The van der Waals surface area contributed by atoms with Crippen LogP contribution in [0.2, 0.25) is 0 Å². The first-order valence-electron chi connectivity index (χ1n) is 6.87. The highest BCUT2D eigenvalue weighted by atomic mass is 16.5. The quantitative estimate of drug-likeness (QED) is 0.767. The van der Waals surface area contributed by atoms with Crippen LogP contribution in [0, 0.1) is 0 Å². The van der Waals surface area contributed by atoms with Gasteiger partial charge in [-0.05, 0) is 24.3 Å². The molecular formula is C16H19N3O3. The molecule has 0 bridgehead atoms. The molecule has 0 saturated carbocycles. The van der Waals surface area contributed by atoms with Gasteiger partial charge in [-0.15, -0.1) is 0 Å². The van der Waals surface area contributed by atoms with Crippen molar-refractivity contribution in [3.8, 4) is 5.75 Å². The molecule has 0 saturated heterocycles. The van der Waals surface area contributed by atoms with Crippen molar-refractivity contribution in [1.29, 1.82) is 0 Å². The highest BCUT2D eigenvalue weighted by Gasteiger charge is 2.06. The van der Waals surface area contributed by atoms with Gasteiger partial charge in [-0.2, -0.15) is 0 Å². The Morgan fingerprint density at radius 1 is 1.23 bits per heavy atom. The van der Waals surface area contributed by atoms with Crippen LogP contribution >= 0.6 is 0 Å². The summed E-state index contributed by atoms with van der Waals surface area (Å²) in [6, 6.07) is 10.9. The Balaban J connectivity index is 2.06. The maximum Gasteiger partial charge on any atom is 0.251 e. The van der Waals surface area contributed by atoms with Crippen molar-refractivity contribution >= 4 is 17.4 Å². The van der Waals surface area contributed by atoms with Gasteiger partial charge in [0.1, 0.15) is 11.6 Å².